The molecule has 72 valence electrons. The van der Waals surface area contributed by atoms with E-state index in [2.05, 4.69) is 10.1 Å². The molecule has 0 radical (unpaired) electrons. The van der Waals surface area contributed by atoms with E-state index in [0.29, 0.717) is 5.56 Å². The third kappa shape index (κ3) is 1.56. The van der Waals surface area contributed by atoms with Crippen LogP contribution in [0.3, 0.4) is 0 Å². The molecule has 0 spiro atoms. The molecule has 0 unspecified atom stereocenters. The van der Waals surface area contributed by atoms with Crippen molar-refractivity contribution in [2.24, 2.45) is 0 Å². The summed E-state index contributed by atoms with van der Waals surface area (Å²) in [6.45, 7) is 1.78. The van der Waals surface area contributed by atoms with Crippen molar-refractivity contribution in [3.63, 3.8) is 0 Å². The van der Waals surface area contributed by atoms with Crippen LogP contribution < -0.4 is 5.73 Å². The zero-order valence-electron chi connectivity index (χ0n) is 7.49. The first kappa shape index (κ1) is 8.68. The molecule has 0 aliphatic heterocycles. The van der Waals surface area contributed by atoms with Crippen LogP contribution in [0.1, 0.15) is 5.56 Å². The van der Waals surface area contributed by atoms with Crippen LogP contribution >= 0.6 is 0 Å². The predicted octanol–water partition coefficient (Wildman–Crippen LogP) is 1.77. The fraction of sp³-hybridized carbons (Fsp3) is 0.111. The lowest BCUT2D eigenvalue weighted by molar-refractivity contribution is 0.432. The number of aromatic nitrogens is 2. The summed E-state index contributed by atoms with van der Waals surface area (Å²) < 4.78 is 17.8. The summed E-state index contributed by atoms with van der Waals surface area (Å²) in [4.78, 5) is 3.80. The summed E-state index contributed by atoms with van der Waals surface area (Å²) in [6, 6.07) is 4.49. The maximum absolute atomic E-state index is 13.0. The van der Waals surface area contributed by atoms with Gasteiger partial charge in [-0.1, -0.05) is 0 Å². The SMILES string of the molecule is Cc1cc(F)cc(-c2nc(N)no2)c1. The van der Waals surface area contributed by atoms with Gasteiger partial charge in [-0.05, 0) is 35.8 Å². The lowest BCUT2D eigenvalue weighted by Crippen LogP contribution is -1.86. The third-order valence-corrected chi connectivity index (χ3v) is 1.73. The first-order chi connectivity index (χ1) is 6.65. The number of halogens is 1. The van der Waals surface area contributed by atoms with E-state index in [-0.39, 0.29) is 17.7 Å². The molecule has 2 rings (SSSR count). The normalized spacial score (nSPS) is 10.4. The van der Waals surface area contributed by atoms with E-state index in [1.54, 1.807) is 13.0 Å². The fourth-order valence-corrected chi connectivity index (χ4v) is 1.21. The number of anilines is 1. The van der Waals surface area contributed by atoms with Crippen molar-refractivity contribution in [3.8, 4) is 11.5 Å². The molecule has 0 saturated heterocycles. The molecule has 1 heterocycles. The maximum atomic E-state index is 13.0. The molecule has 0 aliphatic rings. The van der Waals surface area contributed by atoms with Gasteiger partial charge < -0.3 is 10.3 Å². The van der Waals surface area contributed by atoms with Gasteiger partial charge in [0, 0.05) is 5.56 Å². The molecule has 0 saturated carbocycles. The first-order valence-electron chi connectivity index (χ1n) is 4.02. The Morgan fingerprint density at radius 2 is 2.14 bits per heavy atom. The molecule has 2 N–H and O–H groups in total. The summed E-state index contributed by atoms with van der Waals surface area (Å²) >= 11 is 0. The number of nitrogen functional groups attached to an aromatic ring is 1. The molecular formula is C9H8FN3O. The zero-order chi connectivity index (χ0) is 10.1. The molecule has 0 aliphatic carbocycles. The fourth-order valence-electron chi connectivity index (χ4n) is 1.21. The predicted molar refractivity (Wildman–Crippen MR) is 48.8 cm³/mol. The van der Waals surface area contributed by atoms with Gasteiger partial charge in [-0.25, -0.2) is 4.39 Å². The summed E-state index contributed by atoms with van der Waals surface area (Å²) in [5.74, 6) is -0.0659. The number of aryl methyl sites for hydroxylation is 1. The van der Waals surface area contributed by atoms with Gasteiger partial charge in [-0.3, -0.25) is 0 Å². The van der Waals surface area contributed by atoms with Crippen LogP contribution in [0.2, 0.25) is 0 Å². The maximum Gasteiger partial charge on any atom is 0.261 e. The zero-order valence-corrected chi connectivity index (χ0v) is 7.49. The molecular weight excluding hydrogens is 185 g/mol. The number of rotatable bonds is 1. The van der Waals surface area contributed by atoms with Crippen molar-refractivity contribution in [3.05, 3.63) is 29.6 Å². The van der Waals surface area contributed by atoms with Gasteiger partial charge in [0.25, 0.3) is 11.8 Å². The highest BCUT2D eigenvalue weighted by Crippen LogP contribution is 2.20. The smallest absolute Gasteiger partial charge is 0.261 e. The van der Waals surface area contributed by atoms with Crippen molar-refractivity contribution >= 4 is 5.95 Å². The number of hydrogen-bond acceptors (Lipinski definition) is 4. The molecule has 0 fully saturated rings. The molecule has 1 aromatic carbocycles. The highest BCUT2D eigenvalue weighted by molar-refractivity contribution is 5.55. The number of nitrogens with zero attached hydrogens (tertiary/aromatic N) is 2. The van der Waals surface area contributed by atoms with E-state index in [1.807, 2.05) is 0 Å². The Labute approximate surface area is 79.5 Å². The van der Waals surface area contributed by atoms with Gasteiger partial charge in [-0.15, -0.1) is 0 Å². The van der Waals surface area contributed by atoms with Crippen LogP contribution in [-0.2, 0) is 0 Å². The topological polar surface area (TPSA) is 64.9 Å². The van der Waals surface area contributed by atoms with Crippen LogP contribution in [0.15, 0.2) is 22.7 Å². The van der Waals surface area contributed by atoms with Gasteiger partial charge in [0.1, 0.15) is 5.82 Å². The Morgan fingerprint density at radius 1 is 1.36 bits per heavy atom. The minimum absolute atomic E-state index is 0.0434. The standard InChI is InChI=1S/C9H8FN3O/c1-5-2-6(4-7(10)3-5)8-12-9(11)13-14-8/h2-4H,1H3,(H2,11,13). The van der Waals surface area contributed by atoms with Crippen LogP contribution in [0.25, 0.3) is 11.5 Å². The minimum atomic E-state index is -0.336. The molecule has 2 aromatic rings. The van der Waals surface area contributed by atoms with Crippen molar-refractivity contribution in [1.29, 1.82) is 0 Å². The quantitative estimate of drug-likeness (QED) is 0.749. The number of benzene rings is 1. The second-order valence-electron chi connectivity index (χ2n) is 2.97. The largest absolute Gasteiger partial charge is 0.365 e. The van der Waals surface area contributed by atoms with Crippen molar-refractivity contribution in [2.45, 2.75) is 6.92 Å². The van der Waals surface area contributed by atoms with E-state index in [1.165, 1.54) is 12.1 Å². The Hall–Kier alpha value is -1.91. The number of nitrogens with two attached hydrogens (primary N) is 1. The lowest BCUT2D eigenvalue weighted by Gasteiger charge is -1.97. The van der Waals surface area contributed by atoms with E-state index in [9.17, 15) is 4.39 Å². The van der Waals surface area contributed by atoms with E-state index in [4.69, 9.17) is 10.3 Å². The average molecular weight is 193 g/mol. The third-order valence-electron chi connectivity index (χ3n) is 1.73. The van der Waals surface area contributed by atoms with Crippen LogP contribution in [0.4, 0.5) is 10.3 Å². The summed E-state index contributed by atoms with van der Waals surface area (Å²) in [6.07, 6.45) is 0. The Balaban J connectivity index is 2.51. The Bertz CT molecular complexity index is 447. The van der Waals surface area contributed by atoms with E-state index in [0.717, 1.165) is 5.56 Å². The highest BCUT2D eigenvalue weighted by Gasteiger charge is 2.08. The molecule has 1 aromatic heterocycles. The van der Waals surface area contributed by atoms with Crippen LogP contribution in [0.5, 0.6) is 0 Å². The van der Waals surface area contributed by atoms with Crippen molar-refractivity contribution in [2.75, 3.05) is 5.73 Å². The second kappa shape index (κ2) is 3.10. The van der Waals surface area contributed by atoms with Gasteiger partial charge in [0.15, 0.2) is 0 Å². The lowest BCUT2D eigenvalue weighted by atomic mass is 10.1. The van der Waals surface area contributed by atoms with Gasteiger partial charge >= 0.3 is 0 Å². The molecule has 0 atom stereocenters. The van der Waals surface area contributed by atoms with Gasteiger partial charge in [0.2, 0.25) is 0 Å². The van der Waals surface area contributed by atoms with Crippen molar-refractivity contribution in [1.82, 2.24) is 10.1 Å². The molecule has 14 heavy (non-hydrogen) atoms. The number of hydrogen-bond donors (Lipinski definition) is 1. The Kier molecular flexibility index (Phi) is 1.92. The van der Waals surface area contributed by atoms with Gasteiger partial charge in [0.05, 0.1) is 0 Å². The summed E-state index contributed by atoms with van der Waals surface area (Å²) in [5.41, 5.74) is 6.60. The van der Waals surface area contributed by atoms with E-state index >= 15 is 0 Å². The summed E-state index contributed by atoms with van der Waals surface area (Å²) in [5, 5.41) is 3.42. The average Bonchev–Trinajstić information content (AvgIpc) is 2.50. The molecule has 0 bridgehead atoms. The second-order valence-corrected chi connectivity index (χ2v) is 2.97. The molecule has 0 amide bonds. The Morgan fingerprint density at radius 3 is 2.71 bits per heavy atom. The summed E-state index contributed by atoms with van der Waals surface area (Å²) in [7, 11) is 0. The monoisotopic (exact) mass is 193 g/mol. The van der Waals surface area contributed by atoms with Gasteiger partial charge in [-0.2, -0.15) is 4.98 Å². The van der Waals surface area contributed by atoms with Crippen LogP contribution in [0, 0.1) is 12.7 Å². The minimum Gasteiger partial charge on any atom is -0.365 e. The highest BCUT2D eigenvalue weighted by atomic mass is 19.1. The molecule has 4 nitrogen and oxygen atoms in total. The first-order valence-corrected chi connectivity index (χ1v) is 4.02. The van der Waals surface area contributed by atoms with Crippen LogP contribution in [-0.4, -0.2) is 10.1 Å². The molecule has 5 heteroatoms. The van der Waals surface area contributed by atoms with Crippen molar-refractivity contribution < 1.29 is 8.91 Å². The van der Waals surface area contributed by atoms with E-state index < -0.39 is 0 Å².